The number of carbonyl (C=O) groups is 1. The normalized spacial score (nSPS) is 15.2. The number of ether oxygens (including phenoxy) is 1. The Morgan fingerprint density at radius 1 is 1.07 bits per heavy atom. The monoisotopic (exact) mass is 537 g/mol. The Kier molecular flexibility index (Phi) is 11.0. The zero-order chi connectivity index (χ0) is 28.9. The van der Waals surface area contributed by atoms with Gasteiger partial charge in [-0.2, -0.15) is 0 Å². The Bertz CT molecular complexity index is 1450. The summed E-state index contributed by atoms with van der Waals surface area (Å²) in [6, 6.07) is 19.2. The highest BCUT2D eigenvalue weighted by Crippen LogP contribution is 2.20. The second kappa shape index (κ2) is 14.9. The predicted octanol–water partition coefficient (Wildman–Crippen LogP) is 5.32. The Labute approximate surface area is 235 Å². The van der Waals surface area contributed by atoms with Crippen molar-refractivity contribution in [1.82, 2.24) is 20.8 Å². The Hall–Kier alpha value is -4.92. The van der Waals surface area contributed by atoms with E-state index in [1.54, 1.807) is 39.5 Å². The van der Waals surface area contributed by atoms with Crippen LogP contribution < -0.4 is 15.4 Å². The molecule has 0 aliphatic carbocycles. The van der Waals surface area contributed by atoms with Crippen LogP contribution in [0.4, 0.5) is 5.82 Å². The quantitative estimate of drug-likeness (QED) is 0.413. The van der Waals surface area contributed by atoms with Crippen molar-refractivity contribution in [2.75, 3.05) is 21.2 Å². The first-order chi connectivity index (χ1) is 19.4. The highest BCUT2D eigenvalue weighted by Gasteiger charge is 2.18. The van der Waals surface area contributed by atoms with Crippen molar-refractivity contribution >= 4 is 34.7 Å². The summed E-state index contributed by atoms with van der Waals surface area (Å²) in [4.78, 5) is 24.4. The van der Waals surface area contributed by atoms with Gasteiger partial charge in [0.15, 0.2) is 11.7 Å². The van der Waals surface area contributed by atoms with E-state index in [1.807, 2.05) is 57.2 Å². The number of nitrogens with zero attached hydrogens (tertiary/aromatic N) is 5. The highest BCUT2D eigenvalue weighted by atomic mass is 16.5. The zero-order valence-electron chi connectivity index (χ0n) is 23.8. The van der Waals surface area contributed by atoms with Gasteiger partial charge in [0.2, 0.25) is 5.88 Å². The number of aliphatic imine (C=N–C) groups is 3. The van der Waals surface area contributed by atoms with Crippen LogP contribution in [0.1, 0.15) is 47.3 Å². The minimum Gasteiger partial charge on any atom is -0.480 e. The molecule has 0 unspecified atom stereocenters. The molecule has 0 fully saturated rings. The number of allylic oxidation sites excluding steroid dienone is 2. The summed E-state index contributed by atoms with van der Waals surface area (Å²) in [7, 11) is 4.98. The average Bonchev–Trinajstić information content (AvgIpc) is 3.00. The molecular weight excluding hydrogens is 502 g/mol. The first-order valence-electron chi connectivity index (χ1n) is 12.8. The van der Waals surface area contributed by atoms with E-state index >= 15 is 0 Å². The number of hydrogen-bond acceptors (Lipinski definition) is 7. The molecule has 4 rings (SSSR count). The molecular formula is C31H35N7O2. The van der Waals surface area contributed by atoms with Crippen LogP contribution in [0.15, 0.2) is 94.0 Å². The molecule has 9 nitrogen and oxygen atoms in total. The van der Waals surface area contributed by atoms with Crippen LogP contribution in [-0.4, -0.2) is 54.6 Å². The number of rotatable bonds is 6. The van der Waals surface area contributed by atoms with Gasteiger partial charge in [0.05, 0.1) is 12.8 Å². The smallest absolute Gasteiger partial charge is 0.251 e. The maximum Gasteiger partial charge on any atom is 0.251 e. The second-order valence-corrected chi connectivity index (χ2v) is 8.73. The predicted molar refractivity (Wildman–Crippen MR) is 163 cm³/mol. The van der Waals surface area contributed by atoms with Crippen molar-refractivity contribution in [2.45, 2.75) is 27.2 Å². The van der Waals surface area contributed by atoms with Gasteiger partial charge in [-0.05, 0) is 56.2 Å². The fourth-order valence-electron chi connectivity index (χ4n) is 3.59. The molecule has 1 aliphatic heterocycles. The third-order valence-corrected chi connectivity index (χ3v) is 5.93. The average molecular weight is 538 g/mol. The summed E-state index contributed by atoms with van der Waals surface area (Å²) < 4.78 is 5.06. The molecule has 0 radical (unpaired) electrons. The standard InChI is InChI=1S/C22H24N6O.C9H11NO/c1-5-13-24-19-10-9-18(17-8-6-7-16(14-17)15(2)23-3)25-22(19)26-20-11-12-21(29-4)28-27-20;1-7-3-5-8(6-4-7)9(11)10-2/h5-9,11-14H,10H2,1-4H3,(H,25,26,27);3-6H,1-2H3,(H,10,11)/b13-5-,23-15?,24-19?;. The van der Waals surface area contributed by atoms with Crippen molar-refractivity contribution < 1.29 is 9.53 Å². The van der Waals surface area contributed by atoms with Crippen molar-refractivity contribution in [1.29, 1.82) is 0 Å². The van der Waals surface area contributed by atoms with Crippen LogP contribution in [-0.2, 0) is 0 Å². The van der Waals surface area contributed by atoms with Gasteiger partial charge < -0.3 is 15.4 Å². The first-order valence-corrected chi connectivity index (χ1v) is 12.8. The van der Waals surface area contributed by atoms with Crippen LogP contribution in [0.2, 0.25) is 0 Å². The maximum atomic E-state index is 11.0. The van der Waals surface area contributed by atoms with Crippen molar-refractivity contribution in [3.63, 3.8) is 0 Å². The molecule has 0 spiro atoms. The van der Waals surface area contributed by atoms with E-state index in [9.17, 15) is 4.79 Å². The van der Waals surface area contributed by atoms with Crippen molar-refractivity contribution in [2.24, 2.45) is 15.0 Å². The van der Waals surface area contributed by atoms with Crippen LogP contribution in [0.25, 0.3) is 5.70 Å². The molecule has 0 bridgehead atoms. The molecule has 0 saturated heterocycles. The number of hydrogen-bond donors (Lipinski definition) is 2. The zero-order valence-corrected chi connectivity index (χ0v) is 23.8. The molecule has 2 aromatic carbocycles. The number of nitrogens with one attached hydrogen (secondary N) is 2. The Balaban J connectivity index is 0.000000336. The number of benzene rings is 2. The molecule has 9 heteroatoms. The second-order valence-electron chi connectivity index (χ2n) is 8.73. The molecule has 206 valence electrons. The van der Waals surface area contributed by atoms with Gasteiger partial charge in [-0.3, -0.25) is 14.8 Å². The van der Waals surface area contributed by atoms with E-state index < -0.39 is 0 Å². The number of aromatic nitrogens is 2. The molecule has 40 heavy (non-hydrogen) atoms. The summed E-state index contributed by atoms with van der Waals surface area (Å²) in [5, 5.41) is 14.0. The van der Waals surface area contributed by atoms with Gasteiger partial charge in [0.25, 0.3) is 5.91 Å². The van der Waals surface area contributed by atoms with Gasteiger partial charge in [0, 0.05) is 49.8 Å². The number of aryl methyl sites for hydroxylation is 1. The minimum atomic E-state index is -0.0370. The van der Waals surface area contributed by atoms with E-state index in [0.29, 0.717) is 29.5 Å². The van der Waals surface area contributed by atoms with Crippen LogP contribution >= 0.6 is 0 Å². The molecule has 0 atom stereocenters. The SMILES string of the molecule is C/C=C\N=C1CC=C(c2cccc(C(C)=NC)c2)NC1=Nc1ccc(OC)nn1.CNC(=O)c1ccc(C)cc1. The molecule has 2 heterocycles. The van der Waals surface area contributed by atoms with Crippen LogP contribution in [0, 0.1) is 6.92 Å². The lowest BCUT2D eigenvalue weighted by atomic mass is 10.0. The molecule has 2 N–H and O–H groups in total. The minimum absolute atomic E-state index is 0.0370. The van der Waals surface area contributed by atoms with Gasteiger partial charge in [-0.1, -0.05) is 48.0 Å². The number of amidine groups is 1. The Morgan fingerprint density at radius 2 is 1.85 bits per heavy atom. The third kappa shape index (κ3) is 8.29. The first kappa shape index (κ1) is 29.6. The largest absolute Gasteiger partial charge is 0.480 e. The topological polar surface area (TPSA) is 113 Å². The molecule has 1 amide bonds. The van der Waals surface area contributed by atoms with E-state index in [4.69, 9.17) is 4.74 Å². The lowest BCUT2D eigenvalue weighted by molar-refractivity contribution is 0.0963. The fourth-order valence-corrected chi connectivity index (χ4v) is 3.59. The summed E-state index contributed by atoms with van der Waals surface area (Å²) in [6.45, 7) is 5.92. The van der Waals surface area contributed by atoms with Gasteiger partial charge in [-0.25, -0.2) is 4.99 Å². The lowest BCUT2D eigenvalue weighted by Gasteiger charge is -2.20. The van der Waals surface area contributed by atoms with E-state index in [2.05, 4.69) is 60.1 Å². The van der Waals surface area contributed by atoms with Gasteiger partial charge in [0.1, 0.15) is 0 Å². The molecule has 0 saturated carbocycles. The van der Waals surface area contributed by atoms with E-state index in [0.717, 1.165) is 33.8 Å². The lowest BCUT2D eigenvalue weighted by Crippen LogP contribution is -2.33. The highest BCUT2D eigenvalue weighted by molar-refractivity contribution is 6.44. The summed E-state index contributed by atoms with van der Waals surface area (Å²) >= 11 is 0. The Morgan fingerprint density at radius 3 is 2.48 bits per heavy atom. The number of carbonyl (C=O) groups excluding carboxylic acids is 1. The van der Waals surface area contributed by atoms with E-state index in [-0.39, 0.29) is 5.91 Å². The molecule has 1 aromatic heterocycles. The third-order valence-electron chi connectivity index (χ3n) is 5.93. The van der Waals surface area contributed by atoms with Crippen LogP contribution in [0.3, 0.4) is 0 Å². The van der Waals surface area contributed by atoms with E-state index in [1.165, 1.54) is 0 Å². The fraction of sp³-hybridized carbons (Fsp3) is 0.226. The summed E-state index contributed by atoms with van der Waals surface area (Å²) in [5.41, 5.74) is 6.80. The number of methoxy groups -OCH3 is 1. The van der Waals surface area contributed by atoms with Crippen molar-refractivity contribution in [3.05, 3.63) is 101 Å². The maximum absolute atomic E-state index is 11.0. The molecule has 1 aliphatic rings. The van der Waals surface area contributed by atoms with Gasteiger partial charge >= 0.3 is 0 Å². The van der Waals surface area contributed by atoms with Crippen LogP contribution in [0.5, 0.6) is 5.88 Å². The van der Waals surface area contributed by atoms with Gasteiger partial charge in [-0.15, -0.1) is 10.2 Å². The molecule has 3 aromatic rings. The summed E-state index contributed by atoms with van der Waals surface area (Å²) in [5.74, 6) is 1.53. The number of amides is 1. The van der Waals surface area contributed by atoms with Crippen molar-refractivity contribution in [3.8, 4) is 5.88 Å². The summed E-state index contributed by atoms with van der Waals surface area (Å²) in [6.07, 6.45) is 6.40.